The second kappa shape index (κ2) is 9.39. The molecule has 6 rings (SSSR count). The van der Waals surface area contributed by atoms with Gasteiger partial charge in [0.25, 0.3) is 0 Å². The molecule has 0 aromatic carbocycles. The van der Waals surface area contributed by atoms with Crippen LogP contribution in [0.25, 0.3) is 11.2 Å². The Morgan fingerprint density at radius 3 is 2.68 bits per heavy atom. The first-order valence-corrected chi connectivity index (χ1v) is 13.0. The van der Waals surface area contributed by atoms with Gasteiger partial charge in [0.2, 0.25) is 11.9 Å². The maximum Gasteiger partial charge on any atom is 0.228 e. The molecule has 11 heteroatoms. The third-order valence-electron chi connectivity index (χ3n) is 6.88. The number of nitrogens with one attached hydrogen (secondary N) is 2. The molecule has 1 aliphatic heterocycles. The molecule has 1 saturated carbocycles. The first kappa shape index (κ1) is 24.4. The van der Waals surface area contributed by atoms with Crippen LogP contribution in [0.1, 0.15) is 51.8 Å². The summed E-state index contributed by atoms with van der Waals surface area (Å²) < 4.78 is 15.7. The highest BCUT2D eigenvalue weighted by Gasteiger charge is 2.30. The molecule has 38 heavy (non-hydrogen) atoms. The minimum Gasteiger partial charge on any atom is -0.455 e. The number of carbonyl (C=O) groups is 1. The van der Waals surface area contributed by atoms with Gasteiger partial charge in [0.05, 0.1) is 24.4 Å². The van der Waals surface area contributed by atoms with E-state index in [1.165, 1.54) is 0 Å². The van der Waals surface area contributed by atoms with E-state index < -0.39 is 0 Å². The lowest BCUT2D eigenvalue weighted by Crippen LogP contribution is -2.22. The van der Waals surface area contributed by atoms with E-state index in [1.807, 2.05) is 17.7 Å². The van der Waals surface area contributed by atoms with Crippen LogP contribution in [0, 0.1) is 5.92 Å². The Labute approximate surface area is 220 Å². The van der Waals surface area contributed by atoms with Gasteiger partial charge in [-0.15, -0.1) is 0 Å². The number of pyridine rings is 2. The second-order valence-corrected chi connectivity index (χ2v) is 11.0. The third kappa shape index (κ3) is 4.93. The molecule has 11 nitrogen and oxygen atoms in total. The summed E-state index contributed by atoms with van der Waals surface area (Å²) in [5.41, 5.74) is 2.48. The number of hydrogen-bond acceptors (Lipinski definition) is 8. The zero-order valence-corrected chi connectivity index (χ0v) is 22.1. The number of ether oxygens (including phenoxy) is 2. The summed E-state index contributed by atoms with van der Waals surface area (Å²) in [7, 11) is 1.92. The molecule has 5 heterocycles. The molecule has 4 aromatic rings. The molecule has 2 fully saturated rings. The Morgan fingerprint density at radius 2 is 1.95 bits per heavy atom. The molecule has 2 N–H and O–H groups in total. The number of aromatic nitrogens is 6. The van der Waals surface area contributed by atoms with Crippen LogP contribution in [0.15, 0.2) is 36.7 Å². The number of imidazole rings is 1. The van der Waals surface area contributed by atoms with Crippen LogP contribution < -0.4 is 15.4 Å². The summed E-state index contributed by atoms with van der Waals surface area (Å²) in [6.07, 6.45) is 6.07. The molecule has 198 valence electrons. The number of rotatable bonds is 7. The average Bonchev–Trinajstić information content (AvgIpc) is 3.27. The van der Waals surface area contributed by atoms with Gasteiger partial charge in [-0.1, -0.05) is 20.8 Å². The molecule has 0 unspecified atom stereocenters. The fraction of sp³-hybridized carbons (Fsp3) is 0.444. The summed E-state index contributed by atoms with van der Waals surface area (Å²) in [5.74, 6) is 3.05. The summed E-state index contributed by atoms with van der Waals surface area (Å²) in [6.45, 7) is 8.00. The largest absolute Gasteiger partial charge is 0.455 e. The molecule has 1 saturated heterocycles. The van der Waals surface area contributed by atoms with Gasteiger partial charge in [-0.3, -0.25) is 9.48 Å². The maximum absolute atomic E-state index is 12.1. The summed E-state index contributed by atoms with van der Waals surface area (Å²) in [6, 6.07) is 7.66. The van der Waals surface area contributed by atoms with Gasteiger partial charge in [0.15, 0.2) is 11.5 Å². The molecule has 2 aliphatic rings. The lowest BCUT2D eigenvalue weighted by Gasteiger charge is -2.22. The Kier molecular flexibility index (Phi) is 6.02. The smallest absolute Gasteiger partial charge is 0.228 e. The molecule has 1 amide bonds. The quantitative estimate of drug-likeness (QED) is 0.363. The van der Waals surface area contributed by atoms with Crippen molar-refractivity contribution in [2.45, 2.75) is 51.5 Å². The molecule has 1 atom stereocenters. The van der Waals surface area contributed by atoms with Crippen molar-refractivity contribution < 1.29 is 14.3 Å². The van der Waals surface area contributed by atoms with Crippen LogP contribution in [0.4, 0.5) is 17.6 Å². The topological polar surface area (TPSA) is 121 Å². The van der Waals surface area contributed by atoms with Crippen molar-refractivity contribution in [2.24, 2.45) is 13.0 Å². The molecule has 4 aromatic heterocycles. The van der Waals surface area contributed by atoms with Crippen molar-refractivity contribution in [1.82, 2.24) is 29.3 Å². The van der Waals surface area contributed by atoms with Gasteiger partial charge in [-0.05, 0) is 25.3 Å². The number of aryl methyl sites for hydroxylation is 1. The van der Waals surface area contributed by atoms with E-state index >= 15 is 0 Å². The van der Waals surface area contributed by atoms with Crippen LogP contribution in [0.2, 0.25) is 0 Å². The lowest BCUT2D eigenvalue weighted by atomic mass is 9.91. The Bertz CT molecular complexity index is 1490. The Morgan fingerprint density at radius 1 is 1.11 bits per heavy atom. The highest BCUT2D eigenvalue weighted by Crippen LogP contribution is 2.33. The fourth-order valence-corrected chi connectivity index (χ4v) is 4.59. The predicted octanol–water partition coefficient (Wildman–Crippen LogP) is 4.70. The van der Waals surface area contributed by atoms with E-state index in [4.69, 9.17) is 14.6 Å². The molecular weight excluding hydrogens is 484 g/mol. The fourth-order valence-electron chi connectivity index (χ4n) is 4.59. The monoisotopic (exact) mass is 516 g/mol. The van der Waals surface area contributed by atoms with Crippen LogP contribution in [0.3, 0.4) is 0 Å². The van der Waals surface area contributed by atoms with Crippen LogP contribution in [0.5, 0.6) is 11.5 Å². The maximum atomic E-state index is 12.1. The Hall–Kier alpha value is -3.99. The van der Waals surface area contributed by atoms with Crippen molar-refractivity contribution in [3.63, 3.8) is 0 Å². The normalized spacial score (nSPS) is 17.6. The average molecular weight is 517 g/mol. The molecule has 0 spiro atoms. The zero-order valence-electron chi connectivity index (χ0n) is 22.1. The summed E-state index contributed by atoms with van der Waals surface area (Å²) >= 11 is 0. The lowest BCUT2D eigenvalue weighted by molar-refractivity contribution is -0.117. The number of anilines is 3. The van der Waals surface area contributed by atoms with E-state index in [0.29, 0.717) is 35.5 Å². The highest BCUT2D eigenvalue weighted by atomic mass is 16.5. The first-order valence-electron chi connectivity index (χ1n) is 13.0. The van der Waals surface area contributed by atoms with Gasteiger partial charge >= 0.3 is 0 Å². The van der Waals surface area contributed by atoms with Gasteiger partial charge < -0.3 is 24.7 Å². The van der Waals surface area contributed by atoms with Crippen molar-refractivity contribution in [1.29, 1.82) is 0 Å². The van der Waals surface area contributed by atoms with E-state index in [1.54, 1.807) is 24.5 Å². The van der Waals surface area contributed by atoms with Gasteiger partial charge in [-0.2, -0.15) is 10.1 Å². The molecular formula is C27H32N8O3. The third-order valence-corrected chi connectivity index (χ3v) is 6.88. The minimum atomic E-state index is -0.0663. The van der Waals surface area contributed by atoms with Gasteiger partial charge in [0.1, 0.15) is 17.3 Å². The first-order chi connectivity index (χ1) is 18.2. The number of fused-ring (bicyclic) bond motifs is 1. The molecule has 0 radical (unpaired) electrons. The predicted molar refractivity (Wildman–Crippen MR) is 143 cm³/mol. The second-order valence-electron chi connectivity index (χ2n) is 11.0. The standard InChI is InChI=1S/C27H32N8O3/c1-27(2,3)21-13-23(33-35(21)17-8-10-37-15-17)31-26-32-24-20(34(26)4)11-19(14-29-24)38-18-7-9-28-22(12-18)30-25(36)16-5-6-16/h7,9,11-14,16-17H,5-6,8,10,15H2,1-4H3,(H,28,30,36)(H,29,31,32,33)/t17-/m0/s1. The van der Waals surface area contributed by atoms with E-state index in [0.717, 1.165) is 42.9 Å². The zero-order chi connectivity index (χ0) is 26.4. The summed E-state index contributed by atoms with van der Waals surface area (Å²) in [4.78, 5) is 25.5. The van der Waals surface area contributed by atoms with Crippen LogP contribution >= 0.6 is 0 Å². The van der Waals surface area contributed by atoms with Crippen molar-refractivity contribution in [2.75, 3.05) is 23.8 Å². The number of amides is 1. The van der Waals surface area contributed by atoms with E-state index in [-0.39, 0.29) is 23.3 Å². The van der Waals surface area contributed by atoms with Gasteiger partial charge in [-0.25, -0.2) is 9.97 Å². The van der Waals surface area contributed by atoms with E-state index in [9.17, 15) is 4.79 Å². The Balaban J connectivity index is 1.22. The van der Waals surface area contributed by atoms with Crippen LogP contribution in [-0.2, 0) is 22.0 Å². The number of hydrogen-bond donors (Lipinski definition) is 2. The van der Waals surface area contributed by atoms with Crippen LogP contribution in [-0.4, -0.2) is 48.4 Å². The highest BCUT2D eigenvalue weighted by molar-refractivity contribution is 5.93. The summed E-state index contributed by atoms with van der Waals surface area (Å²) in [5, 5.41) is 11.1. The van der Waals surface area contributed by atoms with Crippen molar-refractivity contribution in [3.8, 4) is 11.5 Å². The van der Waals surface area contributed by atoms with Gasteiger partial charge in [0, 0.05) is 55.1 Å². The molecule has 1 aliphatic carbocycles. The molecule has 0 bridgehead atoms. The van der Waals surface area contributed by atoms with Crippen molar-refractivity contribution in [3.05, 3.63) is 42.4 Å². The number of nitrogens with zero attached hydrogens (tertiary/aromatic N) is 6. The minimum absolute atomic E-state index is 0.00341. The number of carbonyl (C=O) groups excluding carboxylic acids is 1. The SMILES string of the molecule is Cn1c(Nc2cc(C(C)(C)C)n([C@H]3CCOC3)n2)nc2ncc(Oc3ccnc(NC(=O)C4CC4)c3)cc21. The van der Waals surface area contributed by atoms with E-state index in [2.05, 4.69) is 57.1 Å². The van der Waals surface area contributed by atoms with Crippen molar-refractivity contribution >= 4 is 34.7 Å².